The van der Waals surface area contributed by atoms with Crippen LogP contribution in [0.1, 0.15) is 44.0 Å². The predicted molar refractivity (Wildman–Crippen MR) is 87.0 cm³/mol. The molecule has 2 atom stereocenters. The number of ketones is 2. The molecule has 0 saturated heterocycles. The summed E-state index contributed by atoms with van der Waals surface area (Å²) in [5, 5.41) is 0. The van der Waals surface area contributed by atoms with Crippen LogP contribution in [0.2, 0.25) is 0 Å². The van der Waals surface area contributed by atoms with Crippen molar-refractivity contribution >= 4 is 23.5 Å². The van der Waals surface area contributed by atoms with E-state index in [-0.39, 0.29) is 5.75 Å². The van der Waals surface area contributed by atoms with Gasteiger partial charge in [0.05, 0.1) is 12.7 Å². The molecule has 2 aliphatic rings. The van der Waals surface area contributed by atoms with E-state index in [1.807, 2.05) is 0 Å². The van der Waals surface area contributed by atoms with E-state index in [1.54, 1.807) is 20.8 Å². The zero-order valence-electron chi connectivity index (χ0n) is 14.7. The van der Waals surface area contributed by atoms with Crippen LogP contribution < -0.4 is 4.74 Å². The van der Waals surface area contributed by atoms with Crippen LogP contribution in [0.25, 0.3) is 0 Å². The molecular formula is C19H20O6. The Hall–Kier alpha value is -2.50. The van der Waals surface area contributed by atoms with Gasteiger partial charge < -0.3 is 9.47 Å². The zero-order valence-corrected chi connectivity index (χ0v) is 14.7. The smallest absolute Gasteiger partial charge is 0.337 e. The Morgan fingerprint density at radius 3 is 2.04 bits per heavy atom. The van der Waals surface area contributed by atoms with Gasteiger partial charge in [0.15, 0.2) is 0 Å². The molecule has 6 nitrogen and oxygen atoms in total. The van der Waals surface area contributed by atoms with Crippen LogP contribution in [0.5, 0.6) is 5.75 Å². The summed E-state index contributed by atoms with van der Waals surface area (Å²) < 4.78 is 10.0. The number of rotatable bonds is 3. The molecule has 1 aromatic carbocycles. The SMILES string of the molecule is COC(=O)c1ccc(OC(=O)[C@@]23CC[C@@](C)(C(=O)C2=O)C3(C)C)cc1. The minimum absolute atomic E-state index is 0.212. The molecule has 0 radical (unpaired) electrons. The second-order valence-corrected chi connectivity index (χ2v) is 7.43. The first-order chi connectivity index (χ1) is 11.6. The van der Waals surface area contributed by atoms with Gasteiger partial charge in [0.2, 0.25) is 11.6 Å². The Kier molecular flexibility index (Phi) is 3.64. The Labute approximate surface area is 145 Å². The summed E-state index contributed by atoms with van der Waals surface area (Å²) in [6, 6.07) is 5.86. The zero-order chi connectivity index (χ0) is 18.6. The monoisotopic (exact) mass is 344 g/mol. The van der Waals surface area contributed by atoms with Gasteiger partial charge in [-0.05, 0) is 37.1 Å². The number of fused-ring (bicyclic) bond motifs is 2. The highest BCUT2D eigenvalue weighted by atomic mass is 16.5. The first-order valence-corrected chi connectivity index (χ1v) is 8.12. The van der Waals surface area contributed by atoms with Gasteiger partial charge in [-0.15, -0.1) is 0 Å². The lowest BCUT2D eigenvalue weighted by molar-refractivity contribution is -0.157. The molecule has 6 heteroatoms. The van der Waals surface area contributed by atoms with Crippen molar-refractivity contribution in [3.05, 3.63) is 29.8 Å². The highest BCUT2D eigenvalue weighted by Crippen LogP contribution is 2.69. The third-order valence-corrected chi connectivity index (χ3v) is 6.38. The minimum Gasteiger partial charge on any atom is -0.465 e. The molecule has 0 amide bonds. The number of hydrogen-bond acceptors (Lipinski definition) is 6. The molecule has 3 rings (SSSR count). The predicted octanol–water partition coefficient (Wildman–Crippen LogP) is 2.34. The van der Waals surface area contributed by atoms with Crippen LogP contribution in [-0.4, -0.2) is 30.6 Å². The average molecular weight is 344 g/mol. The van der Waals surface area contributed by atoms with Gasteiger partial charge in [0, 0.05) is 10.8 Å². The average Bonchev–Trinajstić information content (AvgIpc) is 2.86. The van der Waals surface area contributed by atoms with Gasteiger partial charge in [0.25, 0.3) is 0 Å². The van der Waals surface area contributed by atoms with Crippen LogP contribution in [0.4, 0.5) is 0 Å². The van der Waals surface area contributed by atoms with Crippen LogP contribution in [0.15, 0.2) is 24.3 Å². The van der Waals surface area contributed by atoms with Crippen LogP contribution in [0.3, 0.4) is 0 Å². The van der Waals surface area contributed by atoms with Crippen molar-refractivity contribution in [2.24, 2.45) is 16.2 Å². The van der Waals surface area contributed by atoms with E-state index in [9.17, 15) is 19.2 Å². The van der Waals surface area contributed by atoms with Gasteiger partial charge in [-0.2, -0.15) is 0 Å². The highest BCUT2D eigenvalue weighted by Gasteiger charge is 2.78. The van der Waals surface area contributed by atoms with Crippen molar-refractivity contribution in [1.82, 2.24) is 0 Å². The van der Waals surface area contributed by atoms with Crippen molar-refractivity contribution in [3.8, 4) is 5.75 Å². The molecule has 132 valence electrons. The fourth-order valence-corrected chi connectivity index (χ4v) is 4.19. The van der Waals surface area contributed by atoms with Crippen LogP contribution in [0, 0.1) is 16.2 Å². The fourth-order valence-electron chi connectivity index (χ4n) is 4.19. The summed E-state index contributed by atoms with van der Waals surface area (Å²) in [6.07, 6.45) is 0.793. The van der Waals surface area contributed by atoms with Gasteiger partial charge in [0.1, 0.15) is 11.2 Å². The maximum absolute atomic E-state index is 12.9. The van der Waals surface area contributed by atoms with Crippen LogP contribution in [-0.2, 0) is 19.1 Å². The van der Waals surface area contributed by atoms with Gasteiger partial charge in [-0.3, -0.25) is 14.4 Å². The summed E-state index contributed by atoms with van der Waals surface area (Å²) >= 11 is 0. The van der Waals surface area contributed by atoms with Crippen molar-refractivity contribution in [1.29, 1.82) is 0 Å². The molecule has 2 bridgehead atoms. The summed E-state index contributed by atoms with van der Waals surface area (Å²) in [6.45, 7) is 5.31. The number of carbonyl (C=O) groups excluding carboxylic acids is 4. The van der Waals surface area contributed by atoms with E-state index in [0.29, 0.717) is 18.4 Å². The maximum Gasteiger partial charge on any atom is 0.337 e. The van der Waals surface area contributed by atoms with Crippen molar-refractivity contribution < 1.29 is 28.7 Å². The molecule has 25 heavy (non-hydrogen) atoms. The number of Topliss-reactive ketones (excluding diaryl/α,β-unsaturated/α-hetero) is 2. The first kappa shape index (κ1) is 17.3. The number of methoxy groups -OCH3 is 1. The summed E-state index contributed by atoms with van der Waals surface area (Å²) in [7, 11) is 1.28. The molecule has 1 aromatic rings. The van der Waals surface area contributed by atoms with Crippen molar-refractivity contribution in [3.63, 3.8) is 0 Å². The lowest BCUT2D eigenvalue weighted by atomic mass is 9.65. The molecule has 0 unspecified atom stereocenters. The molecule has 0 aliphatic heterocycles. The standard InChI is InChI=1S/C19H20O6/c1-17(2)18(3)9-10-19(17,14(21)13(18)20)16(23)25-12-7-5-11(6-8-12)15(22)24-4/h5-8H,9-10H2,1-4H3/t18-,19+/m0/s1. The normalized spacial score (nSPS) is 29.6. The lowest BCUT2D eigenvalue weighted by Crippen LogP contribution is -2.47. The molecular weight excluding hydrogens is 324 g/mol. The maximum atomic E-state index is 12.9. The molecule has 0 aromatic heterocycles. The number of hydrogen-bond donors (Lipinski definition) is 0. The van der Waals surface area contributed by atoms with E-state index in [4.69, 9.17) is 4.74 Å². The number of esters is 2. The second-order valence-electron chi connectivity index (χ2n) is 7.43. The second kappa shape index (κ2) is 5.25. The minimum atomic E-state index is -1.44. The molecule has 2 fully saturated rings. The summed E-state index contributed by atoms with van der Waals surface area (Å²) in [5.41, 5.74) is -2.77. The highest BCUT2D eigenvalue weighted by molar-refractivity contribution is 6.48. The Morgan fingerprint density at radius 1 is 0.960 bits per heavy atom. The third-order valence-electron chi connectivity index (χ3n) is 6.38. The molecule has 0 heterocycles. The van der Waals surface area contributed by atoms with E-state index >= 15 is 0 Å². The molecule has 0 N–H and O–H groups in total. The summed E-state index contributed by atoms with van der Waals surface area (Å²) in [4.78, 5) is 49.4. The van der Waals surface area contributed by atoms with Crippen LogP contribution >= 0.6 is 0 Å². The quantitative estimate of drug-likeness (QED) is 0.362. The fraction of sp³-hybridized carbons (Fsp3) is 0.474. The van der Waals surface area contributed by atoms with Gasteiger partial charge in [-0.1, -0.05) is 20.8 Å². The Balaban J connectivity index is 1.90. The van der Waals surface area contributed by atoms with E-state index in [0.717, 1.165) is 0 Å². The Morgan fingerprint density at radius 2 is 1.56 bits per heavy atom. The first-order valence-electron chi connectivity index (χ1n) is 8.12. The number of benzene rings is 1. The largest absolute Gasteiger partial charge is 0.465 e. The third kappa shape index (κ3) is 1.97. The van der Waals surface area contributed by atoms with Gasteiger partial charge in [-0.25, -0.2) is 4.79 Å². The molecule has 2 saturated carbocycles. The summed E-state index contributed by atoms with van der Waals surface area (Å²) in [5.74, 6) is -2.13. The van der Waals surface area contributed by atoms with Gasteiger partial charge >= 0.3 is 11.9 Å². The molecule has 2 aliphatic carbocycles. The Bertz CT molecular complexity index is 791. The topological polar surface area (TPSA) is 86.7 Å². The number of carbonyl (C=O) groups is 4. The van der Waals surface area contributed by atoms with E-state index in [2.05, 4.69) is 4.74 Å². The van der Waals surface area contributed by atoms with Crippen molar-refractivity contribution in [2.45, 2.75) is 33.6 Å². The van der Waals surface area contributed by atoms with E-state index in [1.165, 1.54) is 31.4 Å². The lowest BCUT2D eigenvalue weighted by Gasteiger charge is -2.36. The molecule has 0 spiro atoms. The van der Waals surface area contributed by atoms with E-state index < -0.39 is 39.8 Å². The number of ether oxygens (including phenoxy) is 2. The van der Waals surface area contributed by atoms with Crippen molar-refractivity contribution in [2.75, 3.05) is 7.11 Å².